The van der Waals surface area contributed by atoms with Crippen LogP contribution < -0.4 is 0 Å². The maximum Gasteiger partial charge on any atom is 0.328 e. The molecular formula is C10H17NO2. The number of aliphatic carboxylic acids is 1. The molecule has 0 aromatic rings. The van der Waals surface area contributed by atoms with Crippen LogP contribution in [0.1, 0.15) is 26.2 Å². The Morgan fingerprint density at radius 3 is 2.62 bits per heavy atom. The molecule has 0 aliphatic heterocycles. The number of carboxylic acids is 1. The van der Waals surface area contributed by atoms with Crippen molar-refractivity contribution in [1.29, 1.82) is 0 Å². The molecule has 0 saturated heterocycles. The van der Waals surface area contributed by atoms with E-state index in [1.807, 2.05) is 6.92 Å². The lowest BCUT2D eigenvalue weighted by atomic mass is 9.91. The van der Waals surface area contributed by atoms with Crippen molar-refractivity contribution in [2.45, 2.75) is 32.2 Å². The quantitative estimate of drug-likeness (QED) is 0.671. The molecule has 0 spiro atoms. The van der Waals surface area contributed by atoms with Crippen LogP contribution in [-0.2, 0) is 4.79 Å². The third-order valence-electron chi connectivity index (χ3n) is 2.57. The number of rotatable bonds is 4. The van der Waals surface area contributed by atoms with Gasteiger partial charge in [-0.25, -0.2) is 4.79 Å². The highest BCUT2D eigenvalue weighted by molar-refractivity contribution is 5.80. The zero-order valence-electron chi connectivity index (χ0n) is 8.29. The van der Waals surface area contributed by atoms with Gasteiger partial charge in [-0.15, -0.1) is 0 Å². The number of hydrogen-bond acceptors (Lipinski definition) is 2. The van der Waals surface area contributed by atoms with E-state index in [0.717, 1.165) is 12.1 Å². The maximum atomic E-state index is 10.3. The van der Waals surface area contributed by atoms with E-state index < -0.39 is 5.97 Å². The van der Waals surface area contributed by atoms with Crippen molar-refractivity contribution in [2.75, 3.05) is 13.6 Å². The van der Waals surface area contributed by atoms with Gasteiger partial charge >= 0.3 is 5.97 Å². The van der Waals surface area contributed by atoms with Crippen LogP contribution in [0.5, 0.6) is 0 Å². The van der Waals surface area contributed by atoms with Crippen LogP contribution in [0.4, 0.5) is 0 Å². The van der Waals surface area contributed by atoms with E-state index in [4.69, 9.17) is 5.11 Å². The van der Waals surface area contributed by atoms with Crippen LogP contribution in [0.2, 0.25) is 0 Å². The average molecular weight is 183 g/mol. The van der Waals surface area contributed by atoms with Gasteiger partial charge in [0, 0.05) is 18.7 Å². The zero-order valence-corrected chi connectivity index (χ0v) is 8.29. The molecule has 13 heavy (non-hydrogen) atoms. The fourth-order valence-electron chi connectivity index (χ4n) is 1.61. The van der Waals surface area contributed by atoms with Crippen molar-refractivity contribution in [3.8, 4) is 0 Å². The number of carboxylic acid groups (broad SMARTS) is 1. The highest BCUT2D eigenvalue weighted by atomic mass is 16.4. The molecule has 0 bridgehead atoms. The molecule has 1 fully saturated rings. The Bertz CT molecular complexity index is 219. The van der Waals surface area contributed by atoms with E-state index in [0.29, 0.717) is 6.04 Å². The number of carbonyl (C=O) groups is 1. The third kappa shape index (κ3) is 3.19. The van der Waals surface area contributed by atoms with E-state index in [9.17, 15) is 4.79 Å². The summed E-state index contributed by atoms with van der Waals surface area (Å²) in [6.07, 6.45) is 5.12. The van der Waals surface area contributed by atoms with Gasteiger partial charge < -0.3 is 5.11 Å². The second-order valence-corrected chi connectivity index (χ2v) is 3.83. The summed E-state index contributed by atoms with van der Waals surface area (Å²) in [5, 5.41) is 8.51. The summed E-state index contributed by atoms with van der Waals surface area (Å²) >= 11 is 0. The van der Waals surface area contributed by atoms with Gasteiger partial charge in [0.15, 0.2) is 0 Å². The van der Waals surface area contributed by atoms with Gasteiger partial charge in [-0.2, -0.15) is 0 Å². The minimum absolute atomic E-state index is 0.678. The van der Waals surface area contributed by atoms with Crippen molar-refractivity contribution in [1.82, 2.24) is 4.90 Å². The standard InChI is InChI=1S/C10H17NO2/c1-8(6-10(12)13)7-11(2)9-4-3-5-9/h6,9H,3-5,7H2,1-2H3,(H,12,13). The molecule has 74 valence electrons. The lowest BCUT2D eigenvalue weighted by molar-refractivity contribution is -0.131. The second-order valence-electron chi connectivity index (χ2n) is 3.83. The first kappa shape index (κ1) is 10.3. The smallest absolute Gasteiger partial charge is 0.328 e. The van der Waals surface area contributed by atoms with Gasteiger partial charge in [0.25, 0.3) is 0 Å². The largest absolute Gasteiger partial charge is 0.478 e. The van der Waals surface area contributed by atoms with Crippen molar-refractivity contribution >= 4 is 5.97 Å². The Morgan fingerprint density at radius 2 is 2.23 bits per heavy atom. The van der Waals surface area contributed by atoms with Gasteiger partial charge in [0.05, 0.1) is 0 Å². The van der Waals surface area contributed by atoms with Gasteiger partial charge in [-0.05, 0) is 26.8 Å². The highest BCUT2D eigenvalue weighted by Gasteiger charge is 2.21. The van der Waals surface area contributed by atoms with Crippen LogP contribution in [0.25, 0.3) is 0 Å². The first-order valence-electron chi connectivity index (χ1n) is 4.70. The number of likely N-dealkylation sites (N-methyl/N-ethyl adjacent to an activating group) is 1. The minimum Gasteiger partial charge on any atom is -0.478 e. The fourth-order valence-corrected chi connectivity index (χ4v) is 1.61. The molecule has 0 radical (unpaired) electrons. The molecule has 3 nitrogen and oxygen atoms in total. The molecule has 0 heterocycles. The molecule has 1 rings (SSSR count). The number of nitrogens with zero attached hydrogens (tertiary/aromatic N) is 1. The first-order chi connectivity index (χ1) is 6.09. The molecule has 0 amide bonds. The van der Waals surface area contributed by atoms with Gasteiger partial charge in [0.1, 0.15) is 0 Å². The molecule has 0 atom stereocenters. The monoisotopic (exact) mass is 183 g/mol. The van der Waals surface area contributed by atoms with Crippen LogP contribution in [-0.4, -0.2) is 35.6 Å². The van der Waals surface area contributed by atoms with Crippen LogP contribution >= 0.6 is 0 Å². The van der Waals surface area contributed by atoms with E-state index in [1.54, 1.807) is 0 Å². The van der Waals surface area contributed by atoms with E-state index >= 15 is 0 Å². The predicted molar refractivity (Wildman–Crippen MR) is 51.7 cm³/mol. The van der Waals surface area contributed by atoms with Crippen LogP contribution in [0.3, 0.4) is 0 Å². The summed E-state index contributed by atoms with van der Waals surface area (Å²) in [6, 6.07) is 0.678. The zero-order chi connectivity index (χ0) is 9.84. The second kappa shape index (κ2) is 4.42. The Labute approximate surface area is 79.0 Å². The molecule has 0 aromatic carbocycles. The predicted octanol–water partition coefficient (Wildman–Crippen LogP) is 1.50. The fraction of sp³-hybridized carbons (Fsp3) is 0.700. The number of hydrogen-bond donors (Lipinski definition) is 1. The third-order valence-corrected chi connectivity index (χ3v) is 2.57. The topological polar surface area (TPSA) is 40.5 Å². The van der Waals surface area contributed by atoms with Crippen LogP contribution in [0, 0.1) is 0 Å². The molecule has 1 N–H and O–H groups in total. The summed E-state index contributed by atoms with van der Waals surface area (Å²) in [4.78, 5) is 12.6. The first-order valence-corrected chi connectivity index (χ1v) is 4.70. The van der Waals surface area contributed by atoms with Gasteiger partial charge in [-0.1, -0.05) is 12.0 Å². The molecule has 1 aliphatic rings. The Morgan fingerprint density at radius 1 is 1.62 bits per heavy atom. The van der Waals surface area contributed by atoms with Crippen molar-refractivity contribution in [3.63, 3.8) is 0 Å². The summed E-state index contributed by atoms with van der Waals surface area (Å²) in [5.74, 6) is -0.848. The summed E-state index contributed by atoms with van der Waals surface area (Å²) in [5.41, 5.74) is 0.918. The van der Waals surface area contributed by atoms with Crippen molar-refractivity contribution in [2.24, 2.45) is 0 Å². The van der Waals surface area contributed by atoms with E-state index in [1.165, 1.54) is 25.3 Å². The summed E-state index contributed by atoms with van der Waals surface area (Å²) in [7, 11) is 2.06. The van der Waals surface area contributed by atoms with Crippen molar-refractivity contribution in [3.05, 3.63) is 11.6 Å². The molecule has 1 saturated carbocycles. The normalized spacial score (nSPS) is 18.8. The van der Waals surface area contributed by atoms with E-state index in [-0.39, 0.29) is 0 Å². The highest BCUT2D eigenvalue weighted by Crippen LogP contribution is 2.23. The molecular weight excluding hydrogens is 166 g/mol. The molecule has 1 aliphatic carbocycles. The molecule has 3 heteroatoms. The minimum atomic E-state index is -0.848. The summed E-state index contributed by atoms with van der Waals surface area (Å²) in [6.45, 7) is 2.64. The van der Waals surface area contributed by atoms with Gasteiger partial charge in [0.2, 0.25) is 0 Å². The van der Waals surface area contributed by atoms with Gasteiger partial charge in [-0.3, -0.25) is 4.90 Å². The molecule has 0 unspecified atom stereocenters. The lowest BCUT2D eigenvalue weighted by Gasteiger charge is -2.34. The molecule has 0 aromatic heterocycles. The maximum absolute atomic E-state index is 10.3. The SMILES string of the molecule is CC(=CC(=O)O)CN(C)C1CCC1. The summed E-state index contributed by atoms with van der Waals surface area (Å²) < 4.78 is 0. The lowest BCUT2D eigenvalue weighted by Crippen LogP contribution is -2.38. The van der Waals surface area contributed by atoms with Crippen LogP contribution in [0.15, 0.2) is 11.6 Å². The average Bonchev–Trinajstić information content (AvgIpc) is 1.78. The Hall–Kier alpha value is -0.830. The van der Waals surface area contributed by atoms with E-state index in [2.05, 4.69) is 11.9 Å². The Balaban J connectivity index is 2.33. The Kier molecular flexibility index (Phi) is 3.48. The van der Waals surface area contributed by atoms with Crippen molar-refractivity contribution < 1.29 is 9.90 Å².